The Hall–Kier alpha value is -3.02. The number of benzene rings is 1. The quantitative estimate of drug-likeness (QED) is 0.391. The molecule has 0 atom stereocenters. The Kier molecular flexibility index (Phi) is 6.82. The van der Waals surface area contributed by atoms with Gasteiger partial charge in [0, 0.05) is 11.5 Å². The van der Waals surface area contributed by atoms with E-state index in [1.807, 2.05) is 26.8 Å². The molecule has 2 rings (SSSR count). The van der Waals surface area contributed by atoms with E-state index in [1.165, 1.54) is 6.08 Å². The molecule has 6 nitrogen and oxygen atoms in total. The van der Waals surface area contributed by atoms with E-state index < -0.39 is 5.97 Å². The van der Waals surface area contributed by atoms with Crippen molar-refractivity contribution >= 4 is 12.0 Å². The van der Waals surface area contributed by atoms with Gasteiger partial charge in [-0.25, -0.2) is 9.78 Å². The van der Waals surface area contributed by atoms with Crippen LogP contribution >= 0.6 is 0 Å². The number of esters is 1. The van der Waals surface area contributed by atoms with Crippen LogP contribution in [0.2, 0.25) is 0 Å². The van der Waals surface area contributed by atoms with E-state index in [0.717, 1.165) is 11.3 Å². The fourth-order valence-electron chi connectivity index (χ4n) is 2.12. The number of aromatic nitrogens is 1. The number of hydrogen-bond donors (Lipinski definition) is 0. The van der Waals surface area contributed by atoms with Crippen molar-refractivity contribution in [2.45, 2.75) is 32.8 Å². The lowest BCUT2D eigenvalue weighted by atomic mass is 9.94. The van der Waals surface area contributed by atoms with E-state index >= 15 is 0 Å². The SMILES string of the molecule is C=CCOc1ccc(C=CC(=O)OCc2ncc(C(C)(C)C)o2)cc1OC. The van der Waals surface area contributed by atoms with E-state index in [4.69, 9.17) is 18.6 Å². The molecule has 6 heteroatoms. The zero-order valence-corrected chi connectivity index (χ0v) is 16.2. The summed E-state index contributed by atoms with van der Waals surface area (Å²) in [5, 5.41) is 0. The topological polar surface area (TPSA) is 70.8 Å². The molecule has 0 aliphatic rings. The molecular weight excluding hydrogens is 346 g/mol. The average Bonchev–Trinajstić information content (AvgIpc) is 3.12. The molecule has 0 spiro atoms. The molecule has 0 unspecified atom stereocenters. The van der Waals surface area contributed by atoms with E-state index in [-0.39, 0.29) is 12.0 Å². The fraction of sp³-hybridized carbons (Fsp3) is 0.333. The second-order valence-corrected chi connectivity index (χ2v) is 6.82. The highest BCUT2D eigenvalue weighted by Gasteiger charge is 2.19. The van der Waals surface area contributed by atoms with Crippen LogP contribution in [0.15, 0.2) is 47.5 Å². The monoisotopic (exact) mass is 371 g/mol. The number of oxazole rings is 1. The molecule has 1 aromatic carbocycles. The minimum absolute atomic E-state index is 0.0170. The van der Waals surface area contributed by atoms with Gasteiger partial charge in [-0.1, -0.05) is 39.5 Å². The largest absolute Gasteiger partial charge is 0.493 e. The molecule has 0 N–H and O–H groups in total. The van der Waals surface area contributed by atoms with Crippen LogP contribution in [0.1, 0.15) is 38.0 Å². The van der Waals surface area contributed by atoms with Crippen LogP contribution < -0.4 is 9.47 Å². The molecule has 2 aromatic rings. The number of methoxy groups -OCH3 is 1. The number of carbonyl (C=O) groups is 1. The maximum atomic E-state index is 11.9. The minimum atomic E-state index is -0.489. The zero-order valence-electron chi connectivity index (χ0n) is 16.2. The Balaban J connectivity index is 1.94. The second-order valence-electron chi connectivity index (χ2n) is 6.82. The molecule has 0 saturated carbocycles. The van der Waals surface area contributed by atoms with Crippen molar-refractivity contribution in [3.63, 3.8) is 0 Å². The third-order valence-corrected chi connectivity index (χ3v) is 3.59. The zero-order chi connectivity index (χ0) is 19.9. The number of hydrogen-bond acceptors (Lipinski definition) is 6. The molecule has 1 aromatic heterocycles. The van der Waals surface area contributed by atoms with E-state index in [0.29, 0.717) is 24.0 Å². The third-order valence-electron chi connectivity index (χ3n) is 3.59. The Morgan fingerprint density at radius 3 is 2.70 bits per heavy atom. The van der Waals surface area contributed by atoms with Crippen molar-refractivity contribution in [1.29, 1.82) is 0 Å². The van der Waals surface area contributed by atoms with Crippen molar-refractivity contribution in [3.8, 4) is 11.5 Å². The summed E-state index contributed by atoms with van der Waals surface area (Å²) in [4.78, 5) is 16.0. The highest BCUT2D eigenvalue weighted by Crippen LogP contribution is 2.28. The summed E-state index contributed by atoms with van der Waals surface area (Å²) in [6, 6.07) is 5.36. The first kappa shape index (κ1) is 20.3. The predicted octanol–water partition coefficient (Wildman–Crippen LogP) is 4.30. The van der Waals surface area contributed by atoms with Gasteiger partial charge in [0.15, 0.2) is 18.1 Å². The summed E-state index contributed by atoms with van der Waals surface area (Å²) in [5.41, 5.74) is 0.636. The number of carbonyl (C=O) groups excluding carboxylic acids is 1. The van der Waals surface area contributed by atoms with Crippen molar-refractivity contribution in [2.75, 3.05) is 13.7 Å². The van der Waals surface area contributed by atoms with Crippen LogP contribution in [0.4, 0.5) is 0 Å². The third kappa shape index (κ3) is 6.02. The molecule has 0 radical (unpaired) electrons. The van der Waals surface area contributed by atoms with Crippen LogP contribution in [-0.4, -0.2) is 24.7 Å². The summed E-state index contributed by atoms with van der Waals surface area (Å²) in [6.45, 7) is 10.0. The molecule has 144 valence electrons. The fourth-order valence-corrected chi connectivity index (χ4v) is 2.12. The van der Waals surface area contributed by atoms with E-state index in [1.54, 1.807) is 37.6 Å². The van der Waals surface area contributed by atoms with Gasteiger partial charge in [-0.15, -0.1) is 0 Å². The smallest absolute Gasteiger partial charge is 0.331 e. The van der Waals surface area contributed by atoms with E-state index in [2.05, 4.69) is 11.6 Å². The van der Waals surface area contributed by atoms with Gasteiger partial charge in [0.1, 0.15) is 12.4 Å². The Labute approximate surface area is 159 Å². The van der Waals surface area contributed by atoms with Gasteiger partial charge in [0.05, 0.1) is 13.3 Å². The van der Waals surface area contributed by atoms with Gasteiger partial charge in [0.25, 0.3) is 0 Å². The lowest BCUT2D eigenvalue weighted by Crippen LogP contribution is -2.09. The van der Waals surface area contributed by atoms with Gasteiger partial charge >= 0.3 is 5.97 Å². The maximum absolute atomic E-state index is 11.9. The number of rotatable bonds is 8. The van der Waals surface area contributed by atoms with Crippen molar-refractivity contribution < 1.29 is 23.4 Å². The van der Waals surface area contributed by atoms with Crippen molar-refractivity contribution in [2.24, 2.45) is 0 Å². The van der Waals surface area contributed by atoms with Crippen molar-refractivity contribution in [3.05, 3.63) is 60.3 Å². The predicted molar refractivity (Wildman–Crippen MR) is 103 cm³/mol. The minimum Gasteiger partial charge on any atom is -0.493 e. The molecule has 1 heterocycles. The molecule has 0 aliphatic heterocycles. The van der Waals surface area contributed by atoms with Crippen LogP contribution in [0.3, 0.4) is 0 Å². The highest BCUT2D eigenvalue weighted by atomic mass is 16.5. The first-order chi connectivity index (χ1) is 12.8. The van der Waals surface area contributed by atoms with Gasteiger partial charge in [0.2, 0.25) is 5.89 Å². The Bertz CT molecular complexity index is 814. The summed E-state index contributed by atoms with van der Waals surface area (Å²) >= 11 is 0. The van der Waals surface area contributed by atoms with Gasteiger partial charge in [-0.3, -0.25) is 0 Å². The first-order valence-electron chi connectivity index (χ1n) is 8.55. The van der Waals surface area contributed by atoms with Crippen LogP contribution in [0.25, 0.3) is 6.08 Å². The Morgan fingerprint density at radius 2 is 2.07 bits per heavy atom. The Morgan fingerprint density at radius 1 is 1.30 bits per heavy atom. The molecule has 0 aliphatic carbocycles. The number of nitrogens with zero attached hydrogens (tertiary/aromatic N) is 1. The second kappa shape index (κ2) is 9.07. The molecule has 0 fully saturated rings. The molecule has 0 bridgehead atoms. The van der Waals surface area contributed by atoms with Crippen molar-refractivity contribution in [1.82, 2.24) is 4.98 Å². The lowest BCUT2D eigenvalue weighted by molar-refractivity contribution is -0.139. The van der Waals surface area contributed by atoms with Crippen LogP contribution in [-0.2, 0) is 21.6 Å². The van der Waals surface area contributed by atoms with E-state index in [9.17, 15) is 4.79 Å². The van der Waals surface area contributed by atoms with Gasteiger partial charge in [-0.2, -0.15) is 0 Å². The summed E-state index contributed by atoms with van der Waals surface area (Å²) < 4.78 is 21.5. The summed E-state index contributed by atoms with van der Waals surface area (Å²) in [6.07, 6.45) is 6.29. The van der Waals surface area contributed by atoms with Crippen LogP contribution in [0.5, 0.6) is 11.5 Å². The van der Waals surface area contributed by atoms with Gasteiger partial charge in [-0.05, 0) is 23.8 Å². The number of ether oxygens (including phenoxy) is 3. The molecular formula is C21H25NO5. The average molecular weight is 371 g/mol. The maximum Gasteiger partial charge on any atom is 0.331 e. The molecule has 0 amide bonds. The lowest BCUT2D eigenvalue weighted by Gasteiger charge is -2.12. The van der Waals surface area contributed by atoms with Gasteiger partial charge < -0.3 is 18.6 Å². The molecule has 0 saturated heterocycles. The summed E-state index contributed by atoms with van der Waals surface area (Å²) in [5.74, 6) is 1.80. The summed E-state index contributed by atoms with van der Waals surface area (Å²) in [7, 11) is 1.56. The normalized spacial score (nSPS) is 11.4. The van der Waals surface area contributed by atoms with Crippen LogP contribution in [0, 0.1) is 0 Å². The molecule has 27 heavy (non-hydrogen) atoms. The standard InChI is InChI=1S/C21H25NO5/c1-6-11-25-16-9-7-15(12-17(16)24-5)8-10-20(23)26-14-19-22-13-18(27-19)21(2,3)4/h6-10,12-13H,1,11,14H2,2-5H3. The highest BCUT2D eigenvalue weighted by molar-refractivity contribution is 5.87. The first-order valence-corrected chi connectivity index (χ1v) is 8.55.